The van der Waals surface area contributed by atoms with E-state index in [1.165, 1.54) is 0 Å². The molecule has 5 N–H and O–H groups in total. The fourth-order valence-corrected chi connectivity index (χ4v) is 1.49. The molecule has 0 aliphatic carbocycles. The van der Waals surface area contributed by atoms with E-state index in [2.05, 4.69) is 16.0 Å². The maximum absolute atomic E-state index is 11.8. The van der Waals surface area contributed by atoms with Crippen LogP contribution in [0.3, 0.4) is 0 Å². The maximum atomic E-state index is 11.8. The number of carbonyl (C=O) groups excluding carboxylic acids is 3. The Morgan fingerprint density at radius 3 is 2.38 bits per heavy atom. The van der Waals surface area contributed by atoms with Crippen LogP contribution in [0.15, 0.2) is 24.3 Å². The van der Waals surface area contributed by atoms with Gasteiger partial charge in [-0.25, -0.2) is 0 Å². The standard InChI is InChI=1S/C13H18N4O3.ClH/c1-2-15-13(20)9-5-3-4-6-10(9)17-12(19)8-16-11(18)7-14;/h3-6H,2,7-8,14H2,1H3,(H,15,20)(H,16,18)(H,17,19);1H. The average Bonchev–Trinajstić information content (AvgIpc) is 2.45. The molecule has 0 saturated carbocycles. The van der Waals surface area contributed by atoms with Crippen molar-refractivity contribution in [3.05, 3.63) is 29.8 Å². The van der Waals surface area contributed by atoms with Crippen LogP contribution in [-0.4, -0.2) is 37.4 Å². The highest BCUT2D eigenvalue weighted by molar-refractivity contribution is 6.04. The van der Waals surface area contributed by atoms with Crippen LogP contribution in [-0.2, 0) is 9.59 Å². The molecule has 1 rings (SSSR count). The van der Waals surface area contributed by atoms with Gasteiger partial charge in [0.1, 0.15) is 0 Å². The summed E-state index contributed by atoms with van der Waals surface area (Å²) in [6.45, 7) is 1.93. The minimum atomic E-state index is -0.427. The Hall–Kier alpha value is -2.12. The molecule has 7 nitrogen and oxygen atoms in total. The van der Waals surface area contributed by atoms with E-state index in [1.807, 2.05) is 0 Å². The van der Waals surface area contributed by atoms with Gasteiger partial charge in [-0.2, -0.15) is 0 Å². The quantitative estimate of drug-likeness (QED) is 0.586. The number of hydrogen-bond acceptors (Lipinski definition) is 4. The molecule has 0 aliphatic heterocycles. The monoisotopic (exact) mass is 314 g/mol. The van der Waals surface area contributed by atoms with Gasteiger partial charge in [0.05, 0.1) is 24.3 Å². The van der Waals surface area contributed by atoms with E-state index in [-0.39, 0.29) is 31.4 Å². The van der Waals surface area contributed by atoms with Gasteiger partial charge in [0.2, 0.25) is 11.8 Å². The molecule has 0 unspecified atom stereocenters. The van der Waals surface area contributed by atoms with Crippen molar-refractivity contribution in [1.29, 1.82) is 0 Å². The van der Waals surface area contributed by atoms with E-state index in [9.17, 15) is 14.4 Å². The fraction of sp³-hybridized carbons (Fsp3) is 0.308. The molecule has 0 atom stereocenters. The largest absolute Gasteiger partial charge is 0.352 e. The summed E-state index contributed by atoms with van der Waals surface area (Å²) in [6, 6.07) is 6.64. The number of carbonyl (C=O) groups is 3. The van der Waals surface area contributed by atoms with Crippen LogP contribution in [0.5, 0.6) is 0 Å². The topological polar surface area (TPSA) is 113 Å². The van der Waals surface area contributed by atoms with Gasteiger partial charge in [-0.05, 0) is 19.1 Å². The Labute approximate surface area is 129 Å². The third-order valence-electron chi connectivity index (χ3n) is 2.41. The molecule has 0 bridgehead atoms. The smallest absolute Gasteiger partial charge is 0.253 e. The SMILES string of the molecule is CCNC(=O)c1ccccc1NC(=O)CNC(=O)CN.Cl. The normalized spacial score (nSPS) is 9.24. The summed E-state index contributed by atoms with van der Waals surface area (Å²) in [5.74, 6) is -1.12. The zero-order valence-corrected chi connectivity index (χ0v) is 12.5. The second-order valence-electron chi connectivity index (χ2n) is 3.93. The zero-order valence-electron chi connectivity index (χ0n) is 11.6. The van der Waals surface area contributed by atoms with Gasteiger partial charge in [0.15, 0.2) is 0 Å². The van der Waals surface area contributed by atoms with Crippen molar-refractivity contribution in [1.82, 2.24) is 10.6 Å². The number of rotatable bonds is 6. The molecule has 116 valence electrons. The highest BCUT2D eigenvalue weighted by Crippen LogP contribution is 2.14. The van der Waals surface area contributed by atoms with Crippen LogP contribution in [0, 0.1) is 0 Å². The first-order valence-electron chi connectivity index (χ1n) is 6.22. The van der Waals surface area contributed by atoms with Gasteiger partial charge in [0, 0.05) is 6.54 Å². The molecular weight excluding hydrogens is 296 g/mol. The Kier molecular flexibility index (Phi) is 8.75. The van der Waals surface area contributed by atoms with Gasteiger partial charge >= 0.3 is 0 Å². The summed E-state index contributed by atoms with van der Waals surface area (Å²) in [4.78, 5) is 34.4. The van der Waals surface area contributed by atoms with Gasteiger partial charge in [-0.15, -0.1) is 12.4 Å². The van der Waals surface area contributed by atoms with Crippen molar-refractivity contribution < 1.29 is 14.4 Å². The van der Waals surface area contributed by atoms with E-state index in [0.29, 0.717) is 17.8 Å². The number of hydrogen-bond donors (Lipinski definition) is 4. The summed E-state index contributed by atoms with van der Waals surface area (Å²) in [5.41, 5.74) is 5.87. The first-order valence-corrected chi connectivity index (χ1v) is 6.22. The Morgan fingerprint density at radius 2 is 1.76 bits per heavy atom. The van der Waals surface area contributed by atoms with Crippen molar-refractivity contribution in [2.24, 2.45) is 5.73 Å². The van der Waals surface area contributed by atoms with Gasteiger partial charge < -0.3 is 21.7 Å². The predicted molar refractivity (Wildman–Crippen MR) is 82.4 cm³/mol. The summed E-state index contributed by atoms with van der Waals surface area (Å²) >= 11 is 0. The fourth-order valence-electron chi connectivity index (χ4n) is 1.49. The predicted octanol–water partition coefficient (Wildman–Crippen LogP) is -0.128. The molecule has 0 aromatic heterocycles. The molecule has 8 heteroatoms. The average molecular weight is 315 g/mol. The van der Waals surface area contributed by atoms with Gasteiger partial charge in [-0.1, -0.05) is 12.1 Å². The highest BCUT2D eigenvalue weighted by Gasteiger charge is 2.12. The molecule has 3 amide bonds. The van der Waals surface area contributed by atoms with Crippen LogP contribution in [0.2, 0.25) is 0 Å². The van der Waals surface area contributed by atoms with Crippen molar-refractivity contribution >= 4 is 35.8 Å². The van der Waals surface area contributed by atoms with Crippen molar-refractivity contribution in [2.45, 2.75) is 6.92 Å². The third-order valence-corrected chi connectivity index (χ3v) is 2.41. The Balaban J connectivity index is 0.00000400. The Morgan fingerprint density at radius 1 is 1.10 bits per heavy atom. The molecule has 0 fully saturated rings. The van der Waals surface area contributed by atoms with Crippen molar-refractivity contribution in [3.63, 3.8) is 0 Å². The summed E-state index contributed by atoms with van der Waals surface area (Å²) in [6.07, 6.45) is 0. The minimum Gasteiger partial charge on any atom is -0.352 e. The van der Waals surface area contributed by atoms with E-state index < -0.39 is 11.8 Å². The number of halogens is 1. The number of amides is 3. The lowest BCUT2D eigenvalue weighted by Gasteiger charge is -2.11. The lowest BCUT2D eigenvalue weighted by atomic mass is 10.1. The van der Waals surface area contributed by atoms with E-state index in [4.69, 9.17) is 5.73 Å². The number of nitrogens with two attached hydrogens (primary N) is 1. The lowest BCUT2D eigenvalue weighted by Crippen LogP contribution is -2.36. The first-order chi connectivity index (χ1) is 9.58. The molecule has 1 aromatic carbocycles. The van der Waals surface area contributed by atoms with Crippen molar-refractivity contribution in [3.8, 4) is 0 Å². The highest BCUT2D eigenvalue weighted by atomic mass is 35.5. The van der Waals surface area contributed by atoms with Gasteiger partial charge in [-0.3, -0.25) is 14.4 Å². The van der Waals surface area contributed by atoms with Crippen LogP contribution in [0.4, 0.5) is 5.69 Å². The molecular formula is C13H19ClN4O3. The van der Waals surface area contributed by atoms with E-state index >= 15 is 0 Å². The summed E-state index contributed by atoms with van der Waals surface area (Å²) < 4.78 is 0. The number of nitrogens with one attached hydrogen (secondary N) is 3. The second kappa shape index (κ2) is 9.73. The maximum Gasteiger partial charge on any atom is 0.253 e. The molecule has 0 radical (unpaired) electrons. The Bertz CT molecular complexity index is 508. The van der Waals surface area contributed by atoms with E-state index in [1.54, 1.807) is 31.2 Å². The molecule has 1 aromatic rings. The number of anilines is 1. The molecule has 0 saturated heterocycles. The third kappa shape index (κ3) is 6.24. The van der Waals surface area contributed by atoms with Crippen molar-refractivity contribution in [2.75, 3.05) is 25.0 Å². The molecule has 0 aliphatic rings. The number of benzene rings is 1. The summed E-state index contributed by atoms with van der Waals surface area (Å²) in [5, 5.41) is 7.58. The number of para-hydroxylation sites is 1. The van der Waals surface area contributed by atoms with E-state index in [0.717, 1.165) is 0 Å². The first kappa shape index (κ1) is 18.9. The molecule has 0 spiro atoms. The molecule has 21 heavy (non-hydrogen) atoms. The summed E-state index contributed by atoms with van der Waals surface area (Å²) in [7, 11) is 0. The van der Waals surface area contributed by atoms with Crippen LogP contribution >= 0.6 is 12.4 Å². The minimum absolute atomic E-state index is 0. The lowest BCUT2D eigenvalue weighted by molar-refractivity contribution is -0.123. The zero-order chi connectivity index (χ0) is 15.0. The van der Waals surface area contributed by atoms with Crippen LogP contribution in [0.1, 0.15) is 17.3 Å². The van der Waals surface area contributed by atoms with Crippen LogP contribution in [0.25, 0.3) is 0 Å². The second-order valence-corrected chi connectivity index (χ2v) is 3.93. The molecule has 0 heterocycles. The van der Waals surface area contributed by atoms with Crippen LogP contribution < -0.4 is 21.7 Å². The van der Waals surface area contributed by atoms with Gasteiger partial charge in [0.25, 0.3) is 5.91 Å².